The maximum absolute atomic E-state index is 13.6. The molecule has 4 rings (SSSR count). The molecule has 9 heteroatoms. The third-order valence-corrected chi connectivity index (χ3v) is 7.62. The number of aromatic nitrogens is 1. The van der Waals surface area contributed by atoms with Crippen LogP contribution in [0.5, 0.6) is 5.75 Å². The van der Waals surface area contributed by atoms with Crippen LogP contribution < -0.4 is 14.8 Å². The van der Waals surface area contributed by atoms with Crippen LogP contribution in [0.25, 0.3) is 10.9 Å². The Bertz CT molecular complexity index is 1630. The minimum absolute atomic E-state index is 0.0563. The van der Waals surface area contributed by atoms with Crippen molar-refractivity contribution in [2.45, 2.75) is 30.7 Å². The summed E-state index contributed by atoms with van der Waals surface area (Å²) in [7, 11) is -2.53. The molecule has 202 valence electrons. The quantitative estimate of drug-likeness (QED) is 0.227. The summed E-state index contributed by atoms with van der Waals surface area (Å²) < 4.78 is 35.5. The number of H-pyrrole nitrogens is 1. The highest BCUT2D eigenvalue weighted by Gasteiger charge is 2.25. The summed E-state index contributed by atoms with van der Waals surface area (Å²) >= 11 is 0. The van der Waals surface area contributed by atoms with Gasteiger partial charge in [-0.2, -0.15) is 0 Å². The van der Waals surface area contributed by atoms with Crippen molar-refractivity contribution in [1.29, 1.82) is 0 Å². The molecule has 0 saturated carbocycles. The smallest absolute Gasteiger partial charge is 0.251 e. The van der Waals surface area contributed by atoms with Crippen LogP contribution >= 0.6 is 0 Å². The summed E-state index contributed by atoms with van der Waals surface area (Å²) in [6.45, 7) is 1.89. The van der Waals surface area contributed by atoms with Gasteiger partial charge < -0.3 is 20.1 Å². The van der Waals surface area contributed by atoms with Gasteiger partial charge in [0, 0.05) is 46.9 Å². The topological polar surface area (TPSA) is 121 Å². The van der Waals surface area contributed by atoms with Gasteiger partial charge in [-0.25, -0.2) is 13.1 Å². The first-order chi connectivity index (χ1) is 18.8. The molecule has 0 bridgehead atoms. The van der Waals surface area contributed by atoms with Crippen LogP contribution in [-0.2, 0) is 16.4 Å². The summed E-state index contributed by atoms with van der Waals surface area (Å²) in [5.41, 5.74) is 3.39. The van der Waals surface area contributed by atoms with Gasteiger partial charge in [0.25, 0.3) is 5.91 Å². The highest BCUT2D eigenvalue weighted by atomic mass is 32.2. The van der Waals surface area contributed by atoms with Gasteiger partial charge >= 0.3 is 0 Å². The van der Waals surface area contributed by atoms with E-state index < -0.39 is 16.1 Å². The van der Waals surface area contributed by atoms with E-state index in [1.807, 2.05) is 37.4 Å². The minimum Gasteiger partial charge on any atom is -0.492 e. The molecule has 1 amide bonds. The molecule has 0 spiro atoms. The Morgan fingerprint density at radius 2 is 1.82 bits per heavy atom. The van der Waals surface area contributed by atoms with Gasteiger partial charge in [-0.05, 0) is 60.9 Å². The second kappa shape index (κ2) is 12.6. The third kappa shape index (κ3) is 6.86. The Labute approximate surface area is 228 Å². The molecule has 1 aromatic heterocycles. The fourth-order valence-corrected chi connectivity index (χ4v) is 5.54. The van der Waals surface area contributed by atoms with Gasteiger partial charge in [0.1, 0.15) is 10.6 Å². The van der Waals surface area contributed by atoms with Gasteiger partial charge in [0.15, 0.2) is 0 Å². The first-order valence-electron chi connectivity index (χ1n) is 12.6. The Morgan fingerprint density at radius 3 is 2.56 bits per heavy atom. The number of para-hydroxylation sites is 1. The number of fused-ring (bicyclic) bond motifs is 1. The molecule has 39 heavy (non-hydrogen) atoms. The number of aliphatic hydroxyl groups excluding tert-OH is 1. The van der Waals surface area contributed by atoms with E-state index in [1.165, 1.54) is 6.07 Å². The number of amides is 1. The molecule has 0 saturated heterocycles. The first kappa shape index (κ1) is 27.9. The molecule has 4 aromatic rings. The summed E-state index contributed by atoms with van der Waals surface area (Å²) in [4.78, 5) is 15.0. The third-order valence-electron chi connectivity index (χ3n) is 6.08. The van der Waals surface area contributed by atoms with Crippen molar-refractivity contribution >= 4 is 26.8 Å². The largest absolute Gasteiger partial charge is 0.492 e. The number of carbonyl (C=O) groups is 1. The van der Waals surface area contributed by atoms with Crippen LogP contribution in [0.2, 0.25) is 0 Å². The van der Waals surface area contributed by atoms with Gasteiger partial charge in [0.2, 0.25) is 10.0 Å². The number of hydrogen-bond acceptors (Lipinski definition) is 5. The molecule has 0 aliphatic heterocycles. The summed E-state index contributed by atoms with van der Waals surface area (Å²) in [6.07, 6.45) is 2.83. The van der Waals surface area contributed by atoms with Crippen molar-refractivity contribution in [3.05, 3.63) is 95.2 Å². The minimum atomic E-state index is -4.08. The number of aromatic amines is 1. The zero-order valence-electron chi connectivity index (χ0n) is 21.8. The van der Waals surface area contributed by atoms with Crippen LogP contribution in [0.4, 0.5) is 0 Å². The predicted molar refractivity (Wildman–Crippen MR) is 151 cm³/mol. The number of aliphatic hydroxyl groups is 1. The predicted octanol–water partition coefficient (Wildman–Crippen LogP) is 3.60. The fraction of sp³-hybridized carbons (Fsp3) is 0.233. The lowest BCUT2D eigenvalue weighted by Gasteiger charge is -2.18. The van der Waals surface area contributed by atoms with Crippen molar-refractivity contribution in [2.75, 3.05) is 20.3 Å². The average molecular weight is 546 g/mol. The van der Waals surface area contributed by atoms with E-state index in [0.29, 0.717) is 36.1 Å². The molecule has 3 aromatic carbocycles. The maximum Gasteiger partial charge on any atom is 0.251 e. The van der Waals surface area contributed by atoms with Gasteiger partial charge in [-0.15, -0.1) is 0 Å². The van der Waals surface area contributed by atoms with Gasteiger partial charge in [0.05, 0.1) is 13.2 Å². The van der Waals surface area contributed by atoms with E-state index in [4.69, 9.17) is 4.74 Å². The lowest BCUT2D eigenvalue weighted by Crippen LogP contribution is -2.39. The lowest BCUT2D eigenvalue weighted by atomic mass is 10.1. The van der Waals surface area contributed by atoms with Crippen LogP contribution in [0, 0.1) is 11.8 Å². The van der Waals surface area contributed by atoms with Crippen molar-refractivity contribution < 1.29 is 23.1 Å². The highest BCUT2D eigenvalue weighted by Crippen LogP contribution is 2.26. The Morgan fingerprint density at radius 1 is 1.05 bits per heavy atom. The van der Waals surface area contributed by atoms with Crippen LogP contribution in [0.15, 0.2) is 77.8 Å². The van der Waals surface area contributed by atoms with Crippen molar-refractivity contribution in [3.63, 3.8) is 0 Å². The van der Waals surface area contributed by atoms with Crippen molar-refractivity contribution in [2.24, 2.45) is 0 Å². The van der Waals surface area contributed by atoms with E-state index in [1.54, 1.807) is 43.4 Å². The van der Waals surface area contributed by atoms with E-state index >= 15 is 0 Å². The fourth-order valence-electron chi connectivity index (χ4n) is 4.15. The molecular formula is C30H31N3O5S. The van der Waals surface area contributed by atoms with Crippen LogP contribution in [0.3, 0.4) is 0 Å². The molecule has 0 radical (unpaired) electrons. The normalized spacial score (nSPS) is 12.0. The molecule has 0 fully saturated rings. The number of rotatable bonds is 10. The van der Waals surface area contributed by atoms with Crippen LogP contribution in [0.1, 0.15) is 40.4 Å². The average Bonchev–Trinajstić information content (AvgIpc) is 3.37. The zero-order valence-corrected chi connectivity index (χ0v) is 22.6. The number of carbonyl (C=O) groups excluding carboxylic acids is 1. The summed E-state index contributed by atoms with van der Waals surface area (Å²) in [6, 6.07) is 18.6. The van der Waals surface area contributed by atoms with Gasteiger partial charge in [-0.3, -0.25) is 4.79 Å². The molecular weight excluding hydrogens is 514 g/mol. The number of nitrogens with one attached hydrogen (secondary N) is 3. The maximum atomic E-state index is 13.6. The zero-order chi connectivity index (χ0) is 27.8. The standard InChI is InChI=1S/C30H31N3O5S/c1-3-15-38-28-14-13-22(12-11-21-7-6-8-23(16-21)30(35)31-2)17-29(28)39(36,37)33-25(20-34)18-24-19-32-27-10-5-4-9-26(24)27/h4-10,13-14,16-17,19,25,32-34H,3,15,18,20H2,1-2H3,(H,31,35)/t25-/m1/s1. The van der Waals surface area contributed by atoms with Gasteiger partial charge in [-0.1, -0.05) is 43.0 Å². The number of benzene rings is 3. The Kier molecular flexibility index (Phi) is 9.04. The lowest BCUT2D eigenvalue weighted by molar-refractivity contribution is 0.0963. The second-order valence-corrected chi connectivity index (χ2v) is 10.7. The monoisotopic (exact) mass is 545 g/mol. The van der Waals surface area contributed by atoms with Crippen molar-refractivity contribution in [3.8, 4) is 17.6 Å². The summed E-state index contributed by atoms with van der Waals surface area (Å²) in [5, 5.41) is 13.6. The highest BCUT2D eigenvalue weighted by molar-refractivity contribution is 7.89. The molecule has 1 atom stereocenters. The van der Waals surface area contributed by atoms with Crippen molar-refractivity contribution in [1.82, 2.24) is 15.0 Å². The van der Waals surface area contributed by atoms with E-state index in [0.717, 1.165) is 16.5 Å². The number of hydrogen-bond donors (Lipinski definition) is 4. The van der Waals surface area contributed by atoms with E-state index in [2.05, 4.69) is 26.9 Å². The SMILES string of the molecule is CCCOc1ccc(C#Cc2cccc(C(=O)NC)c2)cc1S(=O)(=O)N[C@@H](CO)Cc1c[nH]c2ccccc12. The second-order valence-electron chi connectivity index (χ2n) is 8.98. The number of sulfonamides is 1. The molecule has 0 aliphatic carbocycles. The van der Waals surface area contributed by atoms with E-state index in [9.17, 15) is 18.3 Å². The Hall–Kier alpha value is -4.10. The summed E-state index contributed by atoms with van der Waals surface area (Å²) in [5.74, 6) is 5.96. The van der Waals surface area contributed by atoms with Crippen LogP contribution in [-0.4, -0.2) is 50.7 Å². The Balaban J connectivity index is 1.62. The number of ether oxygens (including phenoxy) is 1. The molecule has 0 unspecified atom stereocenters. The first-order valence-corrected chi connectivity index (χ1v) is 14.1. The molecule has 4 N–H and O–H groups in total. The molecule has 1 heterocycles. The molecule has 0 aliphatic rings. The van der Waals surface area contributed by atoms with E-state index in [-0.39, 0.29) is 23.2 Å². The molecule has 8 nitrogen and oxygen atoms in total.